The minimum absolute atomic E-state index is 0.169. The molecule has 1 atom stereocenters. The molecule has 0 aliphatic rings. The second-order valence-corrected chi connectivity index (χ2v) is 11.2. The summed E-state index contributed by atoms with van der Waals surface area (Å²) in [5, 5.41) is 4.54. The van der Waals surface area contributed by atoms with Crippen LogP contribution in [-0.4, -0.2) is 23.3 Å². The SMILES string of the molecule is Cc1nc(NC(C)c2cccc(C(F)(F)F)c2C)c2cc(P(C)(C)=O)c(CN)cc2n1. The molecule has 0 aliphatic heterocycles. The van der Waals surface area contributed by atoms with Crippen molar-refractivity contribution in [3.63, 3.8) is 0 Å². The Morgan fingerprint density at radius 1 is 1.16 bits per heavy atom. The van der Waals surface area contributed by atoms with Crippen LogP contribution in [-0.2, 0) is 17.3 Å². The maximum Gasteiger partial charge on any atom is 0.416 e. The summed E-state index contributed by atoms with van der Waals surface area (Å²) in [5.74, 6) is 0.986. The summed E-state index contributed by atoms with van der Waals surface area (Å²) >= 11 is 0. The van der Waals surface area contributed by atoms with Gasteiger partial charge in [-0.1, -0.05) is 12.1 Å². The van der Waals surface area contributed by atoms with Gasteiger partial charge in [0, 0.05) is 17.2 Å². The summed E-state index contributed by atoms with van der Waals surface area (Å²) in [6.45, 7) is 8.56. The molecule has 0 saturated heterocycles. The molecule has 1 unspecified atom stereocenters. The van der Waals surface area contributed by atoms with E-state index in [0.717, 1.165) is 11.6 Å². The van der Waals surface area contributed by atoms with E-state index in [9.17, 15) is 17.7 Å². The van der Waals surface area contributed by atoms with E-state index < -0.39 is 24.9 Å². The van der Waals surface area contributed by atoms with Crippen molar-refractivity contribution >= 4 is 29.2 Å². The highest BCUT2D eigenvalue weighted by Crippen LogP contribution is 2.39. The lowest BCUT2D eigenvalue weighted by molar-refractivity contribution is -0.138. The Morgan fingerprint density at radius 3 is 2.42 bits per heavy atom. The van der Waals surface area contributed by atoms with Crippen LogP contribution in [0.4, 0.5) is 19.0 Å². The van der Waals surface area contributed by atoms with E-state index in [4.69, 9.17) is 5.73 Å². The molecule has 0 aliphatic carbocycles. The van der Waals surface area contributed by atoms with Crippen LogP contribution in [0.1, 0.15) is 41.0 Å². The maximum absolute atomic E-state index is 13.3. The number of fused-ring (bicyclic) bond motifs is 1. The molecule has 3 N–H and O–H groups in total. The van der Waals surface area contributed by atoms with Gasteiger partial charge in [-0.25, -0.2) is 9.97 Å². The molecular weight excluding hydrogens is 424 g/mol. The molecule has 5 nitrogen and oxygen atoms in total. The van der Waals surface area contributed by atoms with Gasteiger partial charge in [-0.2, -0.15) is 13.2 Å². The highest BCUT2D eigenvalue weighted by Gasteiger charge is 2.33. The normalized spacial score (nSPS) is 13.5. The van der Waals surface area contributed by atoms with Crippen LogP contribution in [0, 0.1) is 13.8 Å². The third-order valence-electron chi connectivity index (χ3n) is 5.31. The van der Waals surface area contributed by atoms with Crippen molar-refractivity contribution in [1.29, 1.82) is 0 Å². The molecule has 0 fully saturated rings. The molecular formula is C22H26F3N4OP. The van der Waals surface area contributed by atoms with Crippen LogP contribution >= 0.6 is 7.14 Å². The average molecular weight is 450 g/mol. The highest BCUT2D eigenvalue weighted by atomic mass is 31.2. The minimum atomic E-state index is -4.42. The number of rotatable bonds is 5. The van der Waals surface area contributed by atoms with Crippen molar-refractivity contribution in [1.82, 2.24) is 9.97 Å². The van der Waals surface area contributed by atoms with Crippen molar-refractivity contribution in [3.05, 3.63) is 58.4 Å². The van der Waals surface area contributed by atoms with Crippen molar-refractivity contribution < 1.29 is 17.7 Å². The first-order valence-electron chi connectivity index (χ1n) is 9.83. The van der Waals surface area contributed by atoms with E-state index in [-0.39, 0.29) is 12.1 Å². The zero-order chi connectivity index (χ0) is 23.1. The lowest BCUT2D eigenvalue weighted by Crippen LogP contribution is -2.17. The second kappa shape index (κ2) is 8.24. The number of halogens is 3. The third-order valence-corrected chi connectivity index (χ3v) is 6.89. The van der Waals surface area contributed by atoms with Gasteiger partial charge in [-0.15, -0.1) is 0 Å². The summed E-state index contributed by atoms with van der Waals surface area (Å²) in [6.07, 6.45) is -4.42. The molecule has 3 rings (SSSR count). The number of nitrogens with zero attached hydrogens (tertiary/aromatic N) is 2. The van der Waals surface area contributed by atoms with Crippen molar-refractivity contribution in [2.45, 2.75) is 39.5 Å². The molecule has 2 aromatic carbocycles. The summed E-state index contributed by atoms with van der Waals surface area (Å²) in [5.41, 5.74) is 7.30. The molecule has 3 aromatic rings. The number of anilines is 1. The number of aryl methyl sites for hydroxylation is 1. The van der Waals surface area contributed by atoms with Crippen LogP contribution in [0.5, 0.6) is 0 Å². The largest absolute Gasteiger partial charge is 0.416 e. The van der Waals surface area contributed by atoms with Crippen molar-refractivity contribution in [2.24, 2.45) is 5.73 Å². The van der Waals surface area contributed by atoms with Crippen molar-refractivity contribution in [3.8, 4) is 0 Å². The number of nitrogens with one attached hydrogen (secondary N) is 1. The fourth-order valence-corrected chi connectivity index (χ4v) is 5.10. The predicted molar refractivity (Wildman–Crippen MR) is 119 cm³/mol. The Morgan fingerprint density at radius 2 is 1.84 bits per heavy atom. The van der Waals surface area contributed by atoms with Gasteiger partial charge < -0.3 is 15.6 Å². The molecule has 0 bridgehead atoms. The topological polar surface area (TPSA) is 80.9 Å². The standard InChI is InChI=1S/C22H26F3N4OP/c1-12-16(7-6-8-18(12)22(23,24)25)13(2)27-21-17-10-20(31(4,5)30)15(11-26)9-19(17)28-14(3)29-21/h6-10,13H,11,26H2,1-5H3,(H,27,28,29). The number of alkyl halides is 3. The lowest BCUT2D eigenvalue weighted by Gasteiger charge is -2.22. The van der Waals surface area contributed by atoms with Crippen LogP contribution in [0.15, 0.2) is 30.3 Å². The quantitative estimate of drug-likeness (QED) is 0.526. The molecule has 1 heterocycles. The molecule has 0 saturated carbocycles. The van der Waals surface area contributed by atoms with Gasteiger partial charge in [-0.3, -0.25) is 0 Å². The Bertz CT molecular complexity index is 1190. The molecule has 1 aromatic heterocycles. The van der Waals surface area contributed by atoms with Gasteiger partial charge in [0.2, 0.25) is 0 Å². The van der Waals surface area contributed by atoms with Gasteiger partial charge in [0.25, 0.3) is 0 Å². The Labute approximate surface area is 179 Å². The molecule has 0 radical (unpaired) electrons. The number of hydrogen-bond acceptors (Lipinski definition) is 5. The van der Waals surface area contributed by atoms with Crippen LogP contribution < -0.4 is 16.4 Å². The van der Waals surface area contributed by atoms with Gasteiger partial charge in [-0.05, 0) is 69.0 Å². The van der Waals surface area contributed by atoms with Crippen LogP contribution in [0.2, 0.25) is 0 Å². The monoisotopic (exact) mass is 450 g/mol. The van der Waals surface area contributed by atoms with E-state index in [1.54, 1.807) is 39.3 Å². The van der Waals surface area contributed by atoms with Gasteiger partial charge in [0.05, 0.1) is 17.1 Å². The Kier molecular flexibility index (Phi) is 6.18. The average Bonchev–Trinajstić information content (AvgIpc) is 2.65. The fraction of sp³-hybridized carbons (Fsp3) is 0.364. The third kappa shape index (κ3) is 4.75. The lowest BCUT2D eigenvalue weighted by atomic mass is 9.97. The minimum Gasteiger partial charge on any atom is -0.363 e. The summed E-state index contributed by atoms with van der Waals surface area (Å²) in [4.78, 5) is 8.95. The number of hydrogen-bond donors (Lipinski definition) is 2. The van der Waals surface area contributed by atoms with E-state index in [2.05, 4.69) is 15.3 Å². The summed E-state index contributed by atoms with van der Waals surface area (Å²) in [7, 11) is -2.62. The Hall–Kier alpha value is -2.44. The first-order valence-corrected chi connectivity index (χ1v) is 12.4. The smallest absolute Gasteiger partial charge is 0.363 e. The first-order chi connectivity index (χ1) is 14.3. The number of benzene rings is 2. The highest BCUT2D eigenvalue weighted by molar-refractivity contribution is 7.70. The molecule has 31 heavy (non-hydrogen) atoms. The molecule has 166 valence electrons. The number of aromatic nitrogens is 2. The summed E-state index contributed by atoms with van der Waals surface area (Å²) < 4.78 is 52.8. The predicted octanol–water partition coefficient (Wildman–Crippen LogP) is 5.15. The second-order valence-electron chi connectivity index (χ2n) is 8.06. The van der Waals surface area contributed by atoms with E-state index in [0.29, 0.717) is 33.4 Å². The van der Waals surface area contributed by atoms with Gasteiger partial charge in [0.1, 0.15) is 18.8 Å². The van der Waals surface area contributed by atoms with Crippen molar-refractivity contribution in [2.75, 3.05) is 18.6 Å². The zero-order valence-electron chi connectivity index (χ0n) is 18.1. The van der Waals surface area contributed by atoms with Crippen LogP contribution in [0.25, 0.3) is 10.9 Å². The Balaban J connectivity index is 2.13. The fourth-order valence-electron chi connectivity index (χ4n) is 3.81. The van der Waals surface area contributed by atoms with Gasteiger partial charge in [0.15, 0.2) is 0 Å². The maximum atomic E-state index is 13.3. The van der Waals surface area contributed by atoms with Gasteiger partial charge >= 0.3 is 6.18 Å². The molecule has 0 amide bonds. The van der Waals surface area contributed by atoms with E-state index in [1.807, 2.05) is 6.07 Å². The van der Waals surface area contributed by atoms with E-state index >= 15 is 0 Å². The number of nitrogens with two attached hydrogens (primary N) is 1. The summed E-state index contributed by atoms with van der Waals surface area (Å²) in [6, 6.07) is 7.30. The zero-order valence-corrected chi connectivity index (χ0v) is 19.0. The molecule has 9 heteroatoms. The first kappa shape index (κ1) is 23.2. The van der Waals surface area contributed by atoms with E-state index in [1.165, 1.54) is 13.0 Å². The van der Waals surface area contributed by atoms with Crippen LogP contribution in [0.3, 0.4) is 0 Å². The molecule has 0 spiro atoms.